The minimum absolute atomic E-state index is 0.100. The molecule has 0 spiro atoms. The number of amides is 1. The van der Waals surface area contributed by atoms with Gasteiger partial charge in [-0.15, -0.1) is 0 Å². The van der Waals surface area contributed by atoms with Gasteiger partial charge in [-0.25, -0.2) is 9.37 Å². The van der Waals surface area contributed by atoms with Crippen molar-refractivity contribution in [3.63, 3.8) is 0 Å². The normalized spacial score (nSPS) is 27.0. The second kappa shape index (κ2) is 7.56. The summed E-state index contributed by atoms with van der Waals surface area (Å²) in [5.41, 5.74) is 1.47. The van der Waals surface area contributed by atoms with Crippen molar-refractivity contribution in [1.29, 1.82) is 0 Å². The van der Waals surface area contributed by atoms with Crippen LogP contribution in [0, 0.1) is 5.82 Å². The standard InChI is InChI=1S/C20H27FN4O2/c1-12-7-16(8-13(2)22-12)23-20(26)15-9-17(21)19-24-18(11-25(19)10-15)14-3-5-27-6-4-14/h9-14,16,22H,3-8H2,1-2H3,(H,23,26). The highest BCUT2D eigenvalue weighted by Crippen LogP contribution is 2.27. The molecular weight excluding hydrogens is 347 g/mol. The Bertz CT molecular complexity index is 821. The molecule has 0 saturated carbocycles. The fourth-order valence-corrected chi connectivity index (χ4v) is 4.35. The Morgan fingerprint density at radius 3 is 2.67 bits per heavy atom. The van der Waals surface area contributed by atoms with Crippen LogP contribution in [0.5, 0.6) is 0 Å². The zero-order valence-corrected chi connectivity index (χ0v) is 15.9. The molecule has 4 heterocycles. The van der Waals surface area contributed by atoms with E-state index in [2.05, 4.69) is 29.5 Å². The van der Waals surface area contributed by atoms with Gasteiger partial charge in [-0.2, -0.15) is 0 Å². The summed E-state index contributed by atoms with van der Waals surface area (Å²) in [6.45, 7) is 5.65. The Balaban J connectivity index is 1.54. The highest BCUT2D eigenvalue weighted by atomic mass is 19.1. The maximum Gasteiger partial charge on any atom is 0.253 e. The van der Waals surface area contributed by atoms with Crippen LogP contribution in [0.1, 0.15) is 61.5 Å². The van der Waals surface area contributed by atoms with Crippen LogP contribution < -0.4 is 10.6 Å². The van der Waals surface area contributed by atoms with Crippen molar-refractivity contribution in [3.8, 4) is 0 Å². The molecule has 2 N–H and O–H groups in total. The highest BCUT2D eigenvalue weighted by molar-refractivity contribution is 5.94. The molecule has 2 saturated heterocycles. The maximum atomic E-state index is 14.6. The number of nitrogens with zero attached hydrogens (tertiary/aromatic N) is 2. The van der Waals surface area contributed by atoms with Gasteiger partial charge in [0, 0.05) is 49.7 Å². The Hall–Kier alpha value is -1.99. The van der Waals surface area contributed by atoms with Gasteiger partial charge in [0.05, 0.1) is 11.3 Å². The molecule has 0 radical (unpaired) electrons. The van der Waals surface area contributed by atoms with E-state index in [1.807, 2.05) is 6.20 Å². The van der Waals surface area contributed by atoms with Crippen LogP contribution in [0.25, 0.3) is 5.65 Å². The minimum Gasteiger partial charge on any atom is -0.381 e. The predicted octanol–water partition coefficient (Wildman–Crippen LogP) is 2.63. The lowest BCUT2D eigenvalue weighted by Gasteiger charge is -2.33. The topological polar surface area (TPSA) is 67.7 Å². The number of fused-ring (bicyclic) bond motifs is 1. The molecule has 1 amide bonds. The molecule has 0 aromatic carbocycles. The first-order valence-electron chi connectivity index (χ1n) is 9.82. The molecule has 6 nitrogen and oxygen atoms in total. The van der Waals surface area contributed by atoms with Gasteiger partial charge in [0.25, 0.3) is 5.91 Å². The van der Waals surface area contributed by atoms with E-state index < -0.39 is 5.82 Å². The van der Waals surface area contributed by atoms with Gasteiger partial charge in [0.1, 0.15) is 0 Å². The van der Waals surface area contributed by atoms with Gasteiger partial charge in [0.2, 0.25) is 0 Å². The predicted molar refractivity (Wildman–Crippen MR) is 100 cm³/mol. The van der Waals surface area contributed by atoms with Gasteiger partial charge in [-0.3, -0.25) is 4.79 Å². The lowest BCUT2D eigenvalue weighted by atomic mass is 9.95. The third-order valence-corrected chi connectivity index (χ3v) is 5.61. The van der Waals surface area contributed by atoms with E-state index in [0.29, 0.717) is 30.9 Å². The largest absolute Gasteiger partial charge is 0.381 e. The number of piperidine rings is 1. The van der Waals surface area contributed by atoms with Gasteiger partial charge >= 0.3 is 0 Å². The van der Waals surface area contributed by atoms with Crippen molar-refractivity contribution in [2.75, 3.05) is 13.2 Å². The Morgan fingerprint density at radius 2 is 1.96 bits per heavy atom. The molecule has 2 fully saturated rings. The highest BCUT2D eigenvalue weighted by Gasteiger charge is 2.25. The first-order chi connectivity index (χ1) is 13.0. The molecule has 2 aromatic rings. The fourth-order valence-electron chi connectivity index (χ4n) is 4.35. The van der Waals surface area contributed by atoms with E-state index >= 15 is 0 Å². The number of nitrogens with one attached hydrogen (secondary N) is 2. The molecule has 146 valence electrons. The summed E-state index contributed by atoms with van der Waals surface area (Å²) in [5.74, 6) is -0.413. The SMILES string of the molecule is CC1CC(NC(=O)c2cc(F)c3nc(C4CCOCC4)cn3c2)CC(C)N1. The number of carbonyl (C=O) groups excluding carboxylic acids is 1. The average molecular weight is 374 g/mol. The van der Waals surface area contributed by atoms with E-state index in [1.165, 1.54) is 6.07 Å². The Labute approximate surface area is 158 Å². The molecule has 2 unspecified atom stereocenters. The number of pyridine rings is 1. The van der Waals surface area contributed by atoms with Crippen LogP contribution in [0.2, 0.25) is 0 Å². The smallest absolute Gasteiger partial charge is 0.253 e. The van der Waals surface area contributed by atoms with Gasteiger partial charge < -0.3 is 19.8 Å². The quantitative estimate of drug-likeness (QED) is 0.867. The van der Waals surface area contributed by atoms with E-state index in [-0.39, 0.29) is 23.5 Å². The van der Waals surface area contributed by atoms with Crippen LogP contribution in [0.3, 0.4) is 0 Å². The molecule has 0 aliphatic carbocycles. The van der Waals surface area contributed by atoms with E-state index in [4.69, 9.17) is 4.74 Å². The lowest BCUT2D eigenvalue weighted by molar-refractivity contribution is 0.0846. The number of hydrogen-bond donors (Lipinski definition) is 2. The lowest BCUT2D eigenvalue weighted by Crippen LogP contribution is -2.50. The summed E-state index contributed by atoms with van der Waals surface area (Å²) in [4.78, 5) is 17.1. The van der Waals surface area contributed by atoms with Gasteiger partial charge in [-0.1, -0.05) is 0 Å². The number of rotatable bonds is 3. The summed E-state index contributed by atoms with van der Waals surface area (Å²) >= 11 is 0. The average Bonchev–Trinajstić information content (AvgIpc) is 3.06. The van der Waals surface area contributed by atoms with Crippen molar-refractivity contribution in [2.24, 2.45) is 0 Å². The van der Waals surface area contributed by atoms with Crippen LogP contribution in [-0.4, -0.2) is 46.6 Å². The maximum absolute atomic E-state index is 14.6. The molecule has 2 aromatic heterocycles. The molecule has 4 rings (SSSR count). The number of halogens is 1. The van der Waals surface area contributed by atoms with Crippen molar-refractivity contribution < 1.29 is 13.9 Å². The summed E-state index contributed by atoms with van der Waals surface area (Å²) in [6.07, 6.45) is 7.06. The summed E-state index contributed by atoms with van der Waals surface area (Å²) in [6, 6.07) is 2.10. The number of carbonyl (C=O) groups is 1. The number of ether oxygens (including phenoxy) is 1. The third-order valence-electron chi connectivity index (χ3n) is 5.61. The second-order valence-electron chi connectivity index (χ2n) is 7.97. The summed E-state index contributed by atoms with van der Waals surface area (Å²) < 4.78 is 21.6. The third kappa shape index (κ3) is 3.99. The van der Waals surface area contributed by atoms with Crippen molar-refractivity contribution in [3.05, 3.63) is 35.5 Å². The zero-order chi connectivity index (χ0) is 19.0. The van der Waals surface area contributed by atoms with Crippen molar-refractivity contribution in [1.82, 2.24) is 20.0 Å². The van der Waals surface area contributed by atoms with Crippen LogP contribution in [0.4, 0.5) is 4.39 Å². The summed E-state index contributed by atoms with van der Waals surface area (Å²) in [7, 11) is 0. The van der Waals surface area contributed by atoms with Crippen molar-refractivity contribution >= 4 is 11.6 Å². The first-order valence-corrected chi connectivity index (χ1v) is 9.82. The molecular formula is C20H27FN4O2. The molecule has 7 heteroatoms. The number of hydrogen-bond acceptors (Lipinski definition) is 4. The second-order valence-corrected chi connectivity index (χ2v) is 7.97. The molecule has 2 atom stereocenters. The molecule has 2 aliphatic heterocycles. The van der Waals surface area contributed by atoms with Crippen LogP contribution >= 0.6 is 0 Å². The molecule has 27 heavy (non-hydrogen) atoms. The minimum atomic E-state index is -0.465. The van der Waals surface area contributed by atoms with Crippen molar-refractivity contribution in [2.45, 2.75) is 63.6 Å². The van der Waals surface area contributed by atoms with E-state index in [9.17, 15) is 9.18 Å². The van der Waals surface area contributed by atoms with Crippen LogP contribution in [0.15, 0.2) is 18.5 Å². The van der Waals surface area contributed by atoms with E-state index in [0.717, 1.165) is 31.4 Å². The van der Waals surface area contributed by atoms with Gasteiger partial charge in [0.15, 0.2) is 11.5 Å². The Kier molecular flexibility index (Phi) is 5.14. The molecule has 2 aliphatic rings. The Morgan fingerprint density at radius 1 is 1.26 bits per heavy atom. The zero-order valence-electron chi connectivity index (χ0n) is 15.9. The number of aromatic nitrogens is 2. The van der Waals surface area contributed by atoms with Gasteiger partial charge in [-0.05, 0) is 45.6 Å². The summed E-state index contributed by atoms with van der Waals surface area (Å²) in [5, 5.41) is 6.52. The van der Waals surface area contributed by atoms with Crippen LogP contribution in [-0.2, 0) is 4.74 Å². The number of imidazole rings is 1. The first kappa shape index (κ1) is 18.4. The van der Waals surface area contributed by atoms with E-state index in [1.54, 1.807) is 10.6 Å². The fraction of sp³-hybridized carbons (Fsp3) is 0.600. The molecule has 0 bridgehead atoms. The monoisotopic (exact) mass is 374 g/mol.